The number of hydrogen-bond donors (Lipinski definition) is 0. The highest BCUT2D eigenvalue weighted by atomic mass is 32.2. The van der Waals surface area contributed by atoms with E-state index in [1.165, 1.54) is 88.0 Å². The third-order valence-electron chi connectivity index (χ3n) is 10.3. The minimum atomic E-state index is -0.0370. The van der Waals surface area contributed by atoms with Gasteiger partial charge >= 0.3 is 5.97 Å². The summed E-state index contributed by atoms with van der Waals surface area (Å²) in [5.74, 6) is 4.39. The highest BCUT2D eigenvalue weighted by Gasteiger charge is 2.15. The molecule has 0 aromatic heterocycles. The maximum atomic E-state index is 12.6. The van der Waals surface area contributed by atoms with Crippen molar-refractivity contribution in [1.82, 2.24) is 4.90 Å². The first-order chi connectivity index (χ1) is 25.3. The van der Waals surface area contributed by atoms with E-state index in [1.807, 2.05) is 14.1 Å². The van der Waals surface area contributed by atoms with Gasteiger partial charge in [-0.3, -0.25) is 14.4 Å². The number of nitrogens with zero attached hydrogens (tertiary/aromatic N) is 1. The first-order valence-corrected chi connectivity index (χ1v) is 24.1. The Hall–Kier alpha value is -0.790. The molecular formula is C46H87NO4S2. The van der Waals surface area contributed by atoms with Gasteiger partial charge in [-0.25, -0.2) is 0 Å². The molecule has 0 aromatic rings. The Balaban J connectivity index is 4.22. The number of allylic oxidation sites excluding steroid dienone is 1. The van der Waals surface area contributed by atoms with Gasteiger partial charge in [0.15, 0.2) is 10.2 Å². The van der Waals surface area contributed by atoms with E-state index in [0.29, 0.717) is 40.8 Å². The second-order valence-corrected chi connectivity index (χ2v) is 19.3. The predicted octanol–water partition coefficient (Wildman–Crippen LogP) is 13.9. The maximum Gasteiger partial charge on any atom is 0.306 e. The molecule has 0 N–H and O–H groups in total. The molecule has 0 fully saturated rings. The minimum Gasteiger partial charge on any atom is -0.462 e. The highest BCUT2D eigenvalue weighted by molar-refractivity contribution is 8.13. The molecule has 0 spiro atoms. The zero-order chi connectivity index (χ0) is 39.7. The van der Waals surface area contributed by atoms with Crippen molar-refractivity contribution >= 4 is 39.7 Å². The molecule has 0 aliphatic heterocycles. The molecule has 0 saturated heterocycles. The van der Waals surface area contributed by atoms with Crippen LogP contribution in [0.5, 0.6) is 0 Å². The fourth-order valence-corrected chi connectivity index (χ4v) is 8.62. The van der Waals surface area contributed by atoms with Crippen LogP contribution in [-0.2, 0) is 19.1 Å². The lowest BCUT2D eigenvalue weighted by atomic mass is 9.97. The highest BCUT2D eigenvalue weighted by Crippen LogP contribution is 2.24. The Kier molecular flexibility index (Phi) is 35.1. The molecule has 0 amide bonds. The molecule has 0 saturated carbocycles. The van der Waals surface area contributed by atoms with E-state index in [4.69, 9.17) is 4.74 Å². The van der Waals surface area contributed by atoms with Gasteiger partial charge in [0, 0.05) is 30.8 Å². The number of esters is 1. The molecule has 7 heteroatoms. The van der Waals surface area contributed by atoms with Gasteiger partial charge in [0.2, 0.25) is 0 Å². The summed E-state index contributed by atoms with van der Waals surface area (Å²) in [4.78, 5) is 39.6. The molecule has 2 atom stereocenters. The summed E-state index contributed by atoms with van der Waals surface area (Å²) in [6, 6.07) is 0. The van der Waals surface area contributed by atoms with Gasteiger partial charge in [-0.2, -0.15) is 0 Å². The van der Waals surface area contributed by atoms with E-state index >= 15 is 0 Å². The number of rotatable bonds is 36. The zero-order valence-corrected chi connectivity index (χ0v) is 38.1. The van der Waals surface area contributed by atoms with Crippen molar-refractivity contribution < 1.29 is 19.1 Å². The van der Waals surface area contributed by atoms with Gasteiger partial charge in [-0.1, -0.05) is 161 Å². The van der Waals surface area contributed by atoms with Crippen molar-refractivity contribution in [2.75, 3.05) is 32.1 Å². The second kappa shape index (κ2) is 35.6. The number of carbonyl (C=O) groups excluding carboxylic acids is 3. The largest absolute Gasteiger partial charge is 0.462 e. The monoisotopic (exact) mass is 782 g/mol. The van der Waals surface area contributed by atoms with E-state index < -0.39 is 0 Å². The Labute approximate surface area is 338 Å². The lowest BCUT2D eigenvalue weighted by Gasteiger charge is -2.18. The first-order valence-electron chi connectivity index (χ1n) is 22.2. The van der Waals surface area contributed by atoms with Crippen LogP contribution in [0.3, 0.4) is 0 Å². The Morgan fingerprint density at radius 2 is 1.11 bits per heavy atom. The number of hydrogen-bond acceptors (Lipinski definition) is 7. The summed E-state index contributed by atoms with van der Waals surface area (Å²) in [6.07, 6.45) is 28.1. The lowest BCUT2D eigenvalue weighted by Crippen LogP contribution is -2.20. The first kappa shape index (κ1) is 52.2. The summed E-state index contributed by atoms with van der Waals surface area (Å²) in [6.45, 7) is 16.7. The van der Waals surface area contributed by atoms with E-state index in [1.54, 1.807) is 11.8 Å². The van der Waals surface area contributed by atoms with Crippen molar-refractivity contribution in [3.63, 3.8) is 0 Å². The third kappa shape index (κ3) is 35.4. The molecule has 0 aliphatic carbocycles. The van der Waals surface area contributed by atoms with Gasteiger partial charge in [0.1, 0.15) is 6.10 Å². The molecule has 53 heavy (non-hydrogen) atoms. The number of ether oxygens (including phenoxy) is 1. The summed E-state index contributed by atoms with van der Waals surface area (Å²) in [7, 11) is 4.08. The van der Waals surface area contributed by atoms with Crippen LogP contribution in [0, 0.1) is 23.7 Å². The smallest absolute Gasteiger partial charge is 0.306 e. The quantitative estimate of drug-likeness (QED) is 0.0356. The molecule has 0 aliphatic rings. The van der Waals surface area contributed by atoms with Crippen LogP contribution in [0.25, 0.3) is 0 Å². The number of carbonyl (C=O) groups is 3. The van der Waals surface area contributed by atoms with Crippen molar-refractivity contribution in [2.45, 2.75) is 209 Å². The van der Waals surface area contributed by atoms with Crippen molar-refractivity contribution in [1.29, 1.82) is 0 Å². The third-order valence-corrected chi connectivity index (χ3v) is 12.5. The minimum absolute atomic E-state index is 0.0370. The molecule has 0 bridgehead atoms. The van der Waals surface area contributed by atoms with E-state index in [-0.39, 0.29) is 12.1 Å². The number of unbranched alkanes of at least 4 members (excludes halogenated alkanes) is 12. The fourth-order valence-electron chi connectivity index (χ4n) is 6.44. The van der Waals surface area contributed by atoms with E-state index in [2.05, 4.69) is 59.4 Å². The van der Waals surface area contributed by atoms with Crippen molar-refractivity contribution in [2.24, 2.45) is 23.7 Å². The molecule has 0 radical (unpaired) electrons. The molecular weight excluding hydrogens is 695 g/mol. The van der Waals surface area contributed by atoms with Gasteiger partial charge in [0.05, 0.1) is 0 Å². The molecule has 0 rings (SSSR count). The Bertz CT molecular complexity index is 932. The van der Waals surface area contributed by atoms with Crippen molar-refractivity contribution in [3.05, 3.63) is 11.6 Å². The molecule has 0 aromatic carbocycles. The average Bonchev–Trinajstić information content (AvgIpc) is 3.09. The van der Waals surface area contributed by atoms with Crippen LogP contribution in [-0.4, -0.2) is 59.3 Å². The summed E-state index contributed by atoms with van der Waals surface area (Å²) in [5, 5.41) is 0.726. The average molecular weight is 782 g/mol. The lowest BCUT2D eigenvalue weighted by molar-refractivity contribution is -0.150. The van der Waals surface area contributed by atoms with E-state index in [9.17, 15) is 14.4 Å². The van der Waals surface area contributed by atoms with Crippen LogP contribution in [0.15, 0.2) is 11.6 Å². The van der Waals surface area contributed by atoms with E-state index in [0.717, 1.165) is 94.6 Å². The standard InChI is InChI=1S/C46H87NO4S2/c1-10-41(33-31-38(2)3)36-52-45(49)29-23-19-15-11-13-17-21-26-43(51-44(48)28-25-35-47(8)9)27-22-18-14-12-16-20-24-30-46(50)53-37-42(40(6)7)34-32-39(4)5/h34,38-41,43H,10-33,35-37H2,1-9H3/b42-34-. The van der Waals surface area contributed by atoms with Gasteiger partial charge < -0.3 is 9.64 Å². The second-order valence-electron chi connectivity index (χ2n) is 17.2. The van der Waals surface area contributed by atoms with Crippen LogP contribution >= 0.6 is 23.5 Å². The Morgan fingerprint density at radius 1 is 0.604 bits per heavy atom. The predicted molar refractivity (Wildman–Crippen MR) is 236 cm³/mol. The molecule has 5 nitrogen and oxygen atoms in total. The zero-order valence-electron chi connectivity index (χ0n) is 36.5. The maximum absolute atomic E-state index is 12.6. The summed E-state index contributed by atoms with van der Waals surface area (Å²) >= 11 is 3.09. The normalized spacial score (nSPS) is 13.4. The fraction of sp³-hybridized carbons (Fsp3) is 0.891. The molecule has 0 heterocycles. The van der Waals surface area contributed by atoms with Crippen LogP contribution in [0.4, 0.5) is 0 Å². The molecule has 2 unspecified atom stereocenters. The van der Waals surface area contributed by atoms with Crippen LogP contribution < -0.4 is 0 Å². The van der Waals surface area contributed by atoms with Crippen LogP contribution in [0.2, 0.25) is 0 Å². The van der Waals surface area contributed by atoms with Crippen LogP contribution in [0.1, 0.15) is 203 Å². The summed E-state index contributed by atoms with van der Waals surface area (Å²) < 4.78 is 6.00. The SMILES string of the molecule is CCC(CCC(C)C)CSC(=O)CCCCCCCCCC(CCCCCCCCCC(=O)SC/C(=C/CC(C)C)C(C)C)OC(=O)CCCN(C)C. The summed E-state index contributed by atoms with van der Waals surface area (Å²) in [5.41, 5.74) is 1.41. The van der Waals surface area contributed by atoms with Gasteiger partial charge in [-0.05, 0) is 102 Å². The Morgan fingerprint density at radius 3 is 1.58 bits per heavy atom. The van der Waals surface area contributed by atoms with Gasteiger partial charge in [-0.15, -0.1) is 0 Å². The van der Waals surface area contributed by atoms with Crippen molar-refractivity contribution in [3.8, 4) is 0 Å². The van der Waals surface area contributed by atoms with Gasteiger partial charge in [0.25, 0.3) is 0 Å². The topological polar surface area (TPSA) is 63.7 Å². The number of thioether (sulfide) groups is 2. The molecule has 312 valence electrons.